The fraction of sp³-hybridized carbons (Fsp3) is 0.625. The van der Waals surface area contributed by atoms with Crippen molar-refractivity contribution < 1.29 is 4.74 Å². The monoisotopic (exact) mass is 247 g/mol. The van der Waals surface area contributed by atoms with Crippen molar-refractivity contribution in [3.05, 3.63) is 35.4 Å². The van der Waals surface area contributed by atoms with E-state index in [2.05, 4.69) is 49.9 Å². The number of benzene rings is 1. The summed E-state index contributed by atoms with van der Waals surface area (Å²) in [6.45, 7) is 10.9. The van der Waals surface area contributed by atoms with Gasteiger partial charge in [-0.15, -0.1) is 0 Å². The molecule has 1 aliphatic heterocycles. The number of hydrogen-bond donors (Lipinski definition) is 0. The molecule has 2 nitrogen and oxygen atoms in total. The second kappa shape index (κ2) is 6.35. The highest BCUT2D eigenvalue weighted by Crippen LogP contribution is 2.16. The molecule has 1 aliphatic rings. The Balaban J connectivity index is 1.67. The zero-order valence-corrected chi connectivity index (χ0v) is 11.9. The maximum atomic E-state index is 5.91. The van der Waals surface area contributed by atoms with Gasteiger partial charge in [0.05, 0.1) is 12.7 Å². The lowest BCUT2D eigenvalue weighted by Gasteiger charge is -2.39. The van der Waals surface area contributed by atoms with Gasteiger partial charge < -0.3 is 4.74 Å². The highest BCUT2D eigenvalue weighted by atomic mass is 16.5. The molecule has 0 unspecified atom stereocenters. The van der Waals surface area contributed by atoms with Crippen molar-refractivity contribution in [3.63, 3.8) is 0 Å². The topological polar surface area (TPSA) is 12.5 Å². The minimum atomic E-state index is 0.439. The van der Waals surface area contributed by atoms with Crippen LogP contribution in [0.5, 0.6) is 0 Å². The van der Waals surface area contributed by atoms with Crippen molar-refractivity contribution in [2.45, 2.75) is 39.9 Å². The van der Waals surface area contributed by atoms with Gasteiger partial charge >= 0.3 is 0 Å². The third-order valence-corrected chi connectivity index (χ3v) is 3.46. The molecule has 0 radical (unpaired) electrons. The molecule has 1 aromatic carbocycles. The number of likely N-dealkylation sites (tertiary alicyclic amines) is 1. The molecule has 0 aliphatic carbocycles. The van der Waals surface area contributed by atoms with Crippen LogP contribution in [0.2, 0.25) is 0 Å². The smallest absolute Gasteiger partial charge is 0.0833 e. The summed E-state index contributed by atoms with van der Waals surface area (Å²) in [5.41, 5.74) is 2.68. The molecule has 0 amide bonds. The van der Waals surface area contributed by atoms with Crippen LogP contribution in [-0.2, 0) is 17.8 Å². The van der Waals surface area contributed by atoms with Crippen LogP contribution in [0.15, 0.2) is 24.3 Å². The fourth-order valence-corrected chi connectivity index (χ4v) is 2.38. The number of aryl methyl sites for hydroxylation is 1. The Morgan fingerprint density at radius 3 is 2.33 bits per heavy atom. The second-order valence-electron chi connectivity index (χ2n) is 5.72. The molecule has 100 valence electrons. The molecule has 2 rings (SSSR count). The van der Waals surface area contributed by atoms with Gasteiger partial charge in [0.25, 0.3) is 0 Å². The minimum absolute atomic E-state index is 0.439. The van der Waals surface area contributed by atoms with E-state index >= 15 is 0 Å². The van der Waals surface area contributed by atoms with Gasteiger partial charge in [0, 0.05) is 19.6 Å². The first-order chi connectivity index (χ1) is 8.67. The molecule has 0 N–H and O–H groups in total. The minimum Gasteiger partial charge on any atom is -0.371 e. The van der Waals surface area contributed by atoms with E-state index in [0.29, 0.717) is 6.10 Å². The van der Waals surface area contributed by atoms with Crippen molar-refractivity contribution in [2.24, 2.45) is 5.92 Å². The highest BCUT2D eigenvalue weighted by molar-refractivity contribution is 5.21. The van der Waals surface area contributed by atoms with E-state index in [1.807, 2.05) is 0 Å². The van der Waals surface area contributed by atoms with Crippen LogP contribution in [0.25, 0.3) is 0 Å². The summed E-state index contributed by atoms with van der Waals surface area (Å²) in [5.74, 6) is 0.757. The quantitative estimate of drug-likeness (QED) is 0.766. The Morgan fingerprint density at radius 2 is 1.78 bits per heavy atom. The van der Waals surface area contributed by atoms with Crippen LogP contribution in [-0.4, -0.2) is 30.6 Å². The number of ether oxygens (including phenoxy) is 1. The number of rotatable bonds is 6. The van der Waals surface area contributed by atoms with E-state index in [-0.39, 0.29) is 0 Å². The first-order valence-electron chi connectivity index (χ1n) is 7.09. The van der Waals surface area contributed by atoms with E-state index in [1.165, 1.54) is 17.7 Å². The second-order valence-corrected chi connectivity index (χ2v) is 5.72. The van der Waals surface area contributed by atoms with E-state index in [4.69, 9.17) is 4.74 Å². The summed E-state index contributed by atoms with van der Waals surface area (Å²) in [4.78, 5) is 2.47. The zero-order valence-electron chi connectivity index (χ0n) is 11.9. The predicted molar refractivity (Wildman–Crippen MR) is 75.7 cm³/mol. The average Bonchev–Trinajstić information content (AvgIpc) is 2.32. The molecule has 0 spiro atoms. The third kappa shape index (κ3) is 3.82. The van der Waals surface area contributed by atoms with Gasteiger partial charge in [0.2, 0.25) is 0 Å². The van der Waals surface area contributed by atoms with Crippen LogP contribution in [0.1, 0.15) is 31.9 Å². The van der Waals surface area contributed by atoms with Crippen molar-refractivity contribution >= 4 is 0 Å². The maximum absolute atomic E-state index is 5.91. The molecule has 0 saturated carbocycles. The molecule has 1 heterocycles. The summed E-state index contributed by atoms with van der Waals surface area (Å²) in [7, 11) is 0. The van der Waals surface area contributed by atoms with Crippen LogP contribution >= 0.6 is 0 Å². The van der Waals surface area contributed by atoms with Gasteiger partial charge in [-0.1, -0.05) is 45.0 Å². The van der Waals surface area contributed by atoms with E-state index in [9.17, 15) is 0 Å². The number of nitrogens with zero attached hydrogens (tertiary/aromatic N) is 1. The molecule has 2 heteroatoms. The van der Waals surface area contributed by atoms with Crippen LogP contribution in [0, 0.1) is 5.92 Å². The molecule has 18 heavy (non-hydrogen) atoms. The lowest BCUT2D eigenvalue weighted by Crippen LogP contribution is -2.53. The Morgan fingerprint density at radius 1 is 1.17 bits per heavy atom. The Hall–Kier alpha value is -0.860. The molecule has 1 saturated heterocycles. The first-order valence-corrected chi connectivity index (χ1v) is 7.09. The van der Waals surface area contributed by atoms with Gasteiger partial charge in [-0.05, 0) is 23.5 Å². The third-order valence-electron chi connectivity index (χ3n) is 3.46. The standard InChI is InChI=1S/C16H25NO/c1-4-14-5-7-15(8-6-14)12-18-16-10-17(11-16)9-13(2)3/h5-8,13,16H,4,9-12H2,1-3H3. The highest BCUT2D eigenvalue weighted by Gasteiger charge is 2.27. The number of hydrogen-bond acceptors (Lipinski definition) is 2. The van der Waals surface area contributed by atoms with Crippen LogP contribution in [0.3, 0.4) is 0 Å². The largest absolute Gasteiger partial charge is 0.371 e. The van der Waals surface area contributed by atoms with Crippen molar-refractivity contribution in [3.8, 4) is 0 Å². The average molecular weight is 247 g/mol. The molecule has 1 fully saturated rings. The maximum Gasteiger partial charge on any atom is 0.0833 e. The predicted octanol–water partition coefficient (Wildman–Crippen LogP) is 3.11. The molecule has 0 bridgehead atoms. The van der Waals surface area contributed by atoms with Crippen LogP contribution in [0.4, 0.5) is 0 Å². The summed E-state index contributed by atoms with van der Waals surface area (Å²) in [5, 5.41) is 0. The fourth-order valence-electron chi connectivity index (χ4n) is 2.38. The Kier molecular flexibility index (Phi) is 4.79. The zero-order chi connectivity index (χ0) is 13.0. The van der Waals surface area contributed by atoms with Crippen molar-refractivity contribution in [1.82, 2.24) is 4.90 Å². The van der Waals surface area contributed by atoms with Gasteiger partial charge in [0.15, 0.2) is 0 Å². The summed E-state index contributed by atoms with van der Waals surface area (Å²) in [6, 6.07) is 8.77. The normalized spacial score (nSPS) is 17.1. The van der Waals surface area contributed by atoms with Gasteiger partial charge in [-0.2, -0.15) is 0 Å². The Bertz CT molecular complexity index is 352. The van der Waals surface area contributed by atoms with Gasteiger partial charge in [-0.25, -0.2) is 0 Å². The lowest BCUT2D eigenvalue weighted by atomic mass is 10.1. The van der Waals surface area contributed by atoms with Gasteiger partial charge in [-0.3, -0.25) is 4.90 Å². The summed E-state index contributed by atoms with van der Waals surface area (Å²) >= 11 is 0. The Labute approximate surface area is 111 Å². The molecule has 0 atom stereocenters. The van der Waals surface area contributed by atoms with E-state index in [1.54, 1.807) is 0 Å². The molecular formula is C16H25NO. The summed E-state index contributed by atoms with van der Waals surface area (Å²) < 4.78 is 5.91. The van der Waals surface area contributed by atoms with Crippen molar-refractivity contribution in [1.29, 1.82) is 0 Å². The van der Waals surface area contributed by atoms with Crippen LogP contribution < -0.4 is 0 Å². The lowest BCUT2D eigenvalue weighted by molar-refractivity contribution is -0.0658. The summed E-state index contributed by atoms with van der Waals surface area (Å²) in [6.07, 6.45) is 1.54. The first kappa shape index (κ1) is 13.6. The molecular weight excluding hydrogens is 222 g/mol. The van der Waals surface area contributed by atoms with Crippen molar-refractivity contribution in [2.75, 3.05) is 19.6 Å². The van der Waals surface area contributed by atoms with E-state index in [0.717, 1.165) is 32.0 Å². The van der Waals surface area contributed by atoms with Gasteiger partial charge in [0.1, 0.15) is 0 Å². The van der Waals surface area contributed by atoms with E-state index < -0.39 is 0 Å². The molecule has 1 aromatic rings. The SMILES string of the molecule is CCc1ccc(COC2CN(CC(C)C)C2)cc1. The molecule has 0 aromatic heterocycles.